The summed E-state index contributed by atoms with van der Waals surface area (Å²) in [5.74, 6) is 0.384. The van der Waals surface area contributed by atoms with Crippen molar-refractivity contribution in [3.8, 4) is 22.5 Å². The summed E-state index contributed by atoms with van der Waals surface area (Å²) >= 11 is 0. The maximum absolute atomic E-state index is 12.9. The Labute approximate surface area is 353 Å². The van der Waals surface area contributed by atoms with E-state index in [0.717, 1.165) is 94.7 Å². The van der Waals surface area contributed by atoms with Crippen molar-refractivity contribution in [2.24, 2.45) is 4.99 Å². The zero-order chi connectivity index (χ0) is 43.3. The van der Waals surface area contributed by atoms with E-state index in [1.807, 2.05) is 84.0 Å². The van der Waals surface area contributed by atoms with Gasteiger partial charge in [-0.15, -0.1) is 0 Å². The van der Waals surface area contributed by atoms with Crippen molar-refractivity contribution in [1.29, 1.82) is 0 Å². The lowest BCUT2D eigenvalue weighted by Gasteiger charge is -2.21. The summed E-state index contributed by atoms with van der Waals surface area (Å²) in [6, 6.07) is 21.3. The average molecular weight is 828 g/mol. The van der Waals surface area contributed by atoms with Crippen LogP contribution in [-0.2, 0) is 19.7 Å². The molecule has 1 aliphatic heterocycles. The van der Waals surface area contributed by atoms with Crippen molar-refractivity contribution < 1.29 is 27.0 Å². The third-order valence-corrected chi connectivity index (χ3v) is 12.0. The van der Waals surface area contributed by atoms with Crippen LogP contribution in [0.1, 0.15) is 98.6 Å². The lowest BCUT2D eigenvalue weighted by Crippen LogP contribution is -2.14. The highest BCUT2D eigenvalue weighted by Gasteiger charge is 2.22. The second-order valence-corrected chi connectivity index (χ2v) is 17.2. The fraction of sp³-hybridized carbons (Fsp3) is 0.327. The maximum atomic E-state index is 12.9. The molecule has 11 heteroatoms. The molecule has 0 radical (unpaired) electrons. The predicted molar refractivity (Wildman–Crippen MR) is 242 cm³/mol. The zero-order valence-electron chi connectivity index (χ0n) is 35.9. The molecule has 0 saturated heterocycles. The standard InChI is InChI=1S/C49H56N4O6S/c1-9-11-13-19-43(54)52-48-31(5)25-29(3)46(33(48)7)50-35-21-23-37-40(27-35)59-41-28-36(22-24-38(41)45(37)39-17-15-16-18-42(39)60(56,57)58)51-47-30(4)26-32(6)49(34(47)8)53-44(55)20-14-12-10-2/h15-18,21-28,50H,9-14,19-20H2,1-8H3,(H,52,54)(H,53,55)(H,56,57,58)/p-1. The molecule has 60 heavy (non-hydrogen) atoms. The number of anilines is 4. The number of benzene rings is 5. The Balaban J connectivity index is 1.49. The Hall–Kier alpha value is -5.78. The first kappa shape index (κ1) is 43.8. The molecule has 1 aliphatic carbocycles. The van der Waals surface area contributed by atoms with Gasteiger partial charge in [-0.1, -0.05) is 69.9 Å². The van der Waals surface area contributed by atoms with Crippen molar-refractivity contribution in [3.05, 3.63) is 112 Å². The van der Waals surface area contributed by atoms with E-state index in [9.17, 15) is 22.6 Å². The number of hydrogen-bond acceptors (Lipinski definition) is 8. The molecule has 3 N–H and O–H groups in total. The minimum Gasteiger partial charge on any atom is -0.744 e. The van der Waals surface area contributed by atoms with Gasteiger partial charge in [0.1, 0.15) is 21.5 Å². The first-order valence-electron chi connectivity index (χ1n) is 20.8. The lowest BCUT2D eigenvalue weighted by molar-refractivity contribution is -0.117. The van der Waals surface area contributed by atoms with Crippen molar-refractivity contribution in [3.63, 3.8) is 0 Å². The number of carbonyl (C=O) groups is 2. The molecule has 0 atom stereocenters. The van der Waals surface area contributed by atoms with E-state index in [-0.39, 0.29) is 22.3 Å². The number of nitrogens with one attached hydrogen (secondary N) is 3. The van der Waals surface area contributed by atoms with Crippen molar-refractivity contribution in [1.82, 2.24) is 0 Å². The molecule has 10 nitrogen and oxygen atoms in total. The first-order valence-corrected chi connectivity index (χ1v) is 22.2. The highest BCUT2D eigenvalue weighted by Crippen LogP contribution is 2.43. The van der Waals surface area contributed by atoms with Crippen LogP contribution in [0.25, 0.3) is 33.4 Å². The Kier molecular flexibility index (Phi) is 13.6. The second-order valence-electron chi connectivity index (χ2n) is 15.8. The van der Waals surface area contributed by atoms with Gasteiger partial charge in [-0.2, -0.15) is 0 Å². The van der Waals surface area contributed by atoms with Crippen LogP contribution in [0.3, 0.4) is 0 Å². The molecule has 2 amide bonds. The molecule has 2 aliphatic rings. The van der Waals surface area contributed by atoms with Crippen LogP contribution < -0.4 is 21.3 Å². The molecular weight excluding hydrogens is 773 g/mol. The van der Waals surface area contributed by atoms with Crippen LogP contribution in [0.2, 0.25) is 0 Å². The molecule has 0 saturated carbocycles. The van der Waals surface area contributed by atoms with E-state index in [1.165, 1.54) is 12.1 Å². The van der Waals surface area contributed by atoms with Crippen LogP contribution >= 0.6 is 0 Å². The first-order chi connectivity index (χ1) is 28.6. The fourth-order valence-electron chi connectivity index (χ4n) is 8.07. The van der Waals surface area contributed by atoms with Gasteiger partial charge in [0.2, 0.25) is 11.8 Å². The average Bonchev–Trinajstić information content (AvgIpc) is 3.20. The molecule has 0 fully saturated rings. The fourth-order valence-corrected chi connectivity index (χ4v) is 8.75. The van der Waals surface area contributed by atoms with Gasteiger partial charge in [0.15, 0.2) is 0 Å². The van der Waals surface area contributed by atoms with Crippen molar-refractivity contribution >= 4 is 61.3 Å². The van der Waals surface area contributed by atoms with Crippen molar-refractivity contribution in [2.45, 2.75) is 112 Å². The Morgan fingerprint density at radius 3 is 1.90 bits per heavy atom. The summed E-state index contributed by atoms with van der Waals surface area (Å²) < 4.78 is 44.6. The molecule has 4 aromatic rings. The number of carbonyl (C=O) groups excluding carboxylic acids is 2. The smallest absolute Gasteiger partial charge is 0.224 e. The summed E-state index contributed by atoms with van der Waals surface area (Å²) in [6.45, 7) is 16.1. The quantitative estimate of drug-likeness (QED) is 0.0529. The third kappa shape index (κ3) is 9.64. The van der Waals surface area contributed by atoms with E-state index >= 15 is 0 Å². The molecular formula is C49H55N4O6S-. The van der Waals surface area contributed by atoms with Gasteiger partial charge in [0, 0.05) is 69.8 Å². The Morgan fingerprint density at radius 1 is 0.667 bits per heavy atom. The molecule has 1 heterocycles. The number of amides is 2. The van der Waals surface area contributed by atoms with E-state index in [2.05, 4.69) is 29.8 Å². The number of rotatable bonds is 15. The summed E-state index contributed by atoms with van der Waals surface area (Å²) in [7, 11) is -4.85. The van der Waals surface area contributed by atoms with Crippen molar-refractivity contribution in [2.75, 3.05) is 16.0 Å². The lowest BCUT2D eigenvalue weighted by atomic mass is 9.93. The maximum Gasteiger partial charge on any atom is 0.224 e. The van der Waals surface area contributed by atoms with Gasteiger partial charge in [0.25, 0.3) is 0 Å². The van der Waals surface area contributed by atoms with E-state index in [1.54, 1.807) is 18.2 Å². The normalized spacial score (nSPS) is 12.0. The predicted octanol–water partition coefficient (Wildman–Crippen LogP) is 12.0. The zero-order valence-corrected chi connectivity index (χ0v) is 36.7. The van der Waals surface area contributed by atoms with Gasteiger partial charge in [-0.3, -0.25) is 9.59 Å². The van der Waals surface area contributed by atoms with Crippen LogP contribution in [0.4, 0.5) is 28.4 Å². The van der Waals surface area contributed by atoms with E-state index in [4.69, 9.17) is 9.41 Å². The van der Waals surface area contributed by atoms with E-state index < -0.39 is 10.1 Å². The molecule has 0 spiro atoms. The van der Waals surface area contributed by atoms with Gasteiger partial charge >= 0.3 is 0 Å². The van der Waals surface area contributed by atoms with Gasteiger partial charge < -0.3 is 24.9 Å². The van der Waals surface area contributed by atoms with Crippen LogP contribution in [0.5, 0.6) is 0 Å². The highest BCUT2D eigenvalue weighted by molar-refractivity contribution is 7.85. The Bertz CT molecular complexity index is 2750. The third-order valence-electron chi connectivity index (χ3n) is 11.1. The molecule has 4 aromatic carbocycles. The topological polar surface area (TPSA) is 153 Å². The summed E-state index contributed by atoms with van der Waals surface area (Å²) in [4.78, 5) is 30.5. The molecule has 0 aromatic heterocycles. The Morgan fingerprint density at radius 2 is 1.27 bits per heavy atom. The van der Waals surface area contributed by atoms with Gasteiger partial charge in [-0.25, -0.2) is 13.4 Å². The largest absolute Gasteiger partial charge is 0.744 e. The molecule has 0 bridgehead atoms. The van der Waals surface area contributed by atoms with Crippen LogP contribution in [-0.4, -0.2) is 24.8 Å². The van der Waals surface area contributed by atoms with Crippen LogP contribution in [0, 0.1) is 41.5 Å². The van der Waals surface area contributed by atoms with E-state index in [0.29, 0.717) is 51.7 Å². The summed E-state index contributed by atoms with van der Waals surface area (Å²) in [5, 5.41) is 11.0. The number of aryl methyl sites for hydroxylation is 4. The number of fused-ring (bicyclic) bond motifs is 2. The summed E-state index contributed by atoms with van der Waals surface area (Å²) in [6.07, 6.45) is 6.63. The van der Waals surface area contributed by atoms with Gasteiger partial charge in [-0.05, 0) is 118 Å². The number of hydrogen-bond donors (Lipinski definition) is 3. The molecule has 0 unspecified atom stereocenters. The highest BCUT2D eigenvalue weighted by atomic mass is 32.2. The minimum atomic E-state index is -4.85. The van der Waals surface area contributed by atoms with Crippen LogP contribution in [0.15, 0.2) is 87.1 Å². The monoisotopic (exact) mass is 827 g/mol. The number of unbranched alkanes of at least 4 members (excludes halogenated alkanes) is 4. The molecule has 314 valence electrons. The second kappa shape index (κ2) is 18.6. The number of nitrogens with zero attached hydrogens (tertiary/aromatic N) is 1. The minimum absolute atomic E-state index is 0.0162. The van der Waals surface area contributed by atoms with Gasteiger partial charge in [0.05, 0.1) is 15.9 Å². The molecule has 6 rings (SSSR count). The summed E-state index contributed by atoms with van der Waals surface area (Å²) in [5.41, 5.74) is 11.2. The SMILES string of the molecule is CCCCCC(=O)Nc1c(C)cc(C)c(N=c2ccc3c(-c4ccccc4S(=O)(=O)[O-])c4ccc(Nc5c(C)cc(C)c(NC(=O)CCCCC)c5C)cc4oc-3c2)c1C.